The number of allylic oxidation sites excluding steroid dienone is 2. The molecule has 0 aliphatic heterocycles. The normalized spacial score (nSPS) is 9.27. The molecule has 0 aromatic carbocycles. The average molecular weight is 152 g/mol. The van der Waals surface area contributed by atoms with Crippen LogP contribution in [0.15, 0.2) is 29.5 Å². The lowest BCUT2D eigenvalue weighted by molar-refractivity contribution is -0.132. The zero-order valence-corrected chi connectivity index (χ0v) is 6.79. The molecule has 2 nitrogen and oxygen atoms in total. The summed E-state index contributed by atoms with van der Waals surface area (Å²) in [4.78, 5) is 10.4. The van der Waals surface area contributed by atoms with Crippen LogP contribution in [0.5, 0.6) is 0 Å². The molecule has 0 rings (SSSR count). The summed E-state index contributed by atoms with van der Waals surface area (Å²) in [5, 5.41) is 8.58. The zero-order valence-electron chi connectivity index (χ0n) is 6.79. The highest BCUT2D eigenvalue weighted by atomic mass is 16.4. The Hall–Kier alpha value is -1.27. The fraction of sp³-hybridized carbons (Fsp3) is 0.333. The van der Waals surface area contributed by atoms with E-state index in [2.05, 4.69) is 5.73 Å². The third kappa shape index (κ3) is 4.18. The van der Waals surface area contributed by atoms with Gasteiger partial charge in [-0.1, -0.05) is 12.2 Å². The van der Waals surface area contributed by atoms with E-state index >= 15 is 0 Å². The Morgan fingerprint density at radius 1 is 1.55 bits per heavy atom. The number of aliphatic carboxylic acids is 1. The first-order valence-electron chi connectivity index (χ1n) is 3.47. The van der Waals surface area contributed by atoms with E-state index in [1.165, 1.54) is 0 Å². The summed E-state index contributed by atoms with van der Waals surface area (Å²) >= 11 is 0. The van der Waals surface area contributed by atoms with Gasteiger partial charge >= 0.3 is 5.97 Å². The van der Waals surface area contributed by atoms with E-state index in [0.29, 0.717) is 12.0 Å². The molecule has 11 heavy (non-hydrogen) atoms. The first-order valence-corrected chi connectivity index (χ1v) is 3.47. The van der Waals surface area contributed by atoms with Gasteiger partial charge in [-0.15, -0.1) is 5.73 Å². The van der Waals surface area contributed by atoms with E-state index < -0.39 is 5.97 Å². The molecule has 0 saturated heterocycles. The minimum atomic E-state index is -0.902. The number of hydrogen-bond acceptors (Lipinski definition) is 1. The maximum atomic E-state index is 10.4. The Balaban J connectivity index is 4.37. The van der Waals surface area contributed by atoms with Crippen LogP contribution in [0.2, 0.25) is 0 Å². The molecule has 0 fully saturated rings. The SMILES string of the molecule is CC=C=C(CC=CC)C(=O)O. The second kappa shape index (κ2) is 5.51. The fourth-order valence-corrected chi connectivity index (χ4v) is 0.618. The summed E-state index contributed by atoms with van der Waals surface area (Å²) in [6.07, 6.45) is 5.66. The number of hydrogen-bond donors (Lipinski definition) is 1. The van der Waals surface area contributed by atoms with Crippen LogP contribution < -0.4 is 0 Å². The van der Waals surface area contributed by atoms with E-state index in [1.54, 1.807) is 19.1 Å². The minimum Gasteiger partial charge on any atom is -0.477 e. The van der Waals surface area contributed by atoms with E-state index in [9.17, 15) is 4.79 Å². The first kappa shape index (κ1) is 9.73. The van der Waals surface area contributed by atoms with Gasteiger partial charge in [0.2, 0.25) is 0 Å². The quantitative estimate of drug-likeness (QED) is 0.382. The maximum Gasteiger partial charge on any atom is 0.339 e. The van der Waals surface area contributed by atoms with Crippen LogP contribution in [0.3, 0.4) is 0 Å². The maximum absolute atomic E-state index is 10.4. The molecule has 0 heterocycles. The first-order chi connectivity index (χ1) is 5.22. The topological polar surface area (TPSA) is 37.3 Å². The van der Waals surface area contributed by atoms with Gasteiger partial charge in [-0.3, -0.25) is 0 Å². The van der Waals surface area contributed by atoms with Gasteiger partial charge < -0.3 is 5.11 Å². The second-order valence-electron chi connectivity index (χ2n) is 1.99. The van der Waals surface area contributed by atoms with Gasteiger partial charge in [0.25, 0.3) is 0 Å². The fourth-order valence-electron chi connectivity index (χ4n) is 0.618. The number of carboxylic acid groups (broad SMARTS) is 1. The monoisotopic (exact) mass is 152 g/mol. The Morgan fingerprint density at radius 2 is 2.18 bits per heavy atom. The van der Waals surface area contributed by atoms with Crippen LogP contribution in [-0.2, 0) is 4.79 Å². The summed E-state index contributed by atoms with van der Waals surface area (Å²) in [5.74, 6) is -0.902. The smallest absolute Gasteiger partial charge is 0.339 e. The molecule has 0 saturated carbocycles. The lowest BCUT2D eigenvalue weighted by Gasteiger charge is -1.90. The van der Waals surface area contributed by atoms with Gasteiger partial charge in [-0.05, 0) is 19.9 Å². The number of carboxylic acids is 1. The largest absolute Gasteiger partial charge is 0.477 e. The van der Waals surface area contributed by atoms with Crippen LogP contribution in [0.1, 0.15) is 20.3 Å². The highest BCUT2D eigenvalue weighted by Crippen LogP contribution is 2.00. The van der Waals surface area contributed by atoms with Gasteiger partial charge in [-0.2, -0.15) is 0 Å². The highest BCUT2D eigenvalue weighted by Gasteiger charge is 2.01. The lowest BCUT2D eigenvalue weighted by atomic mass is 10.2. The zero-order chi connectivity index (χ0) is 8.69. The highest BCUT2D eigenvalue weighted by molar-refractivity contribution is 5.86. The third-order valence-corrected chi connectivity index (χ3v) is 1.13. The molecule has 0 aromatic rings. The van der Waals surface area contributed by atoms with Crippen LogP contribution >= 0.6 is 0 Å². The molecule has 0 radical (unpaired) electrons. The van der Waals surface area contributed by atoms with Crippen LogP contribution in [0, 0.1) is 0 Å². The van der Waals surface area contributed by atoms with Crippen LogP contribution in [-0.4, -0.2) is 11.1 Å². The van der Waals surface area contributed by atoms with Gasteiger partial charge in [-0.25, -0.2) is 4.79 Å². The predicted octanol–water partition coefficient (Wildman–Crippen LogP) is 2.14. The lowest BCUT2D eigenvalue weighted by Crippen LogP contribution is -1.97. The molecule has 0 unspecified atom stereocenters. The summed E-state index contributed by atoms with van der Waals surface area (Å²) in [6, 6.07) is 0. The van der Waals surface area contributed by atoms with Crippen molar-refractivity contribution in [2.75, 3.05) is 0 Å². The molecule has 2 heteroatoms. The minimum absolute atomic E-state index is 0.297. The molecule has 0 bridgehead atoms. The van der Waals surface area contributed by atoms with E-state index in [0.717, 1.165) is 0 Å². The second-order valence-corrected chi connectivity index (χ2v) is 1.99. The van der Waals surface area contributed by atoms with Crippen molar-refractivity contribution in [2.45, 2.75) is 20.3 Å². The molecule has 0 aliphatic carbocycles. The molecule has 0 aromatic heterocycles. The summed E-state index contributed by atoms with van der Waals surface area (Å²) in [6.45, 7) is 3.60. The number of carbonyl (C=O) groups is 1. The average Bonchev–Trinajstić information content (AvgIpc) is 1.97. The van der Waals surface area contributed by atoms with Gasteiger partial charge in [0, 0.05) is 6.42 Å². The van der Waals surface area contributed by atoms with Crippen molar-refractivity contribution in [3.8, 4) is 0 Å². The molecule has 60 valence electrons. The van der Waals surface area contributed by atoms with Crippen molar-refractivity contribution in [3.63, 3.8) is 0 Å². The molecule has 1 N–H and O–H groups in total. The molecular formula is C9H12O2. The predicted molar refractivity (Wildman–Crippen MR) is 44.3 cm³/mol. The van der Waals surface area contributed by atoms with E-state index in [4.69, 9.17) is 5.11 Å². The van der Waals surface area contributed by atoms with Gasteiger partial charge in [0.15, 0.2) is 0 Å². The van der Waals surface area contributed by atoms with Crippen molar-refractivity contribution >= 4 is 5.97 Å². The van der Waals surface area contributed by atoms with Crippen molar-refractivity contribution in [1.82, 2.24) is 0 Å². The summed E-state index contributed by atoms with van der Waals surface area (Å²) < 4.78 is 0. The Morgan fingerprint density at radius 3 is 2.55 bits per heavy atom. The molecular weight excluding hydrogens is 140 g/mol. The van der Waals surface area contributed by atoms with Crippen molar-refractivity contribution in [1.29, 1.82) is 0 Å². The third-order valence-electron chi connectivity index (χ3n) is 1.13. The standard InChI is InChI=1S/C9H12O2/c1-3-5-7-8(6-4-2)9(10)11/h3-5H,7H2,1-2H3,(H,10,11). The molecule has 0 atom stereocenters. The number of rotatable bonds is 3. The molecule has 0 amide bonds. The summed E-state index contributed by atoms with van der Waals surface area (Å²) in [7, 11) is 0. The Kier molecular flexibility index (Phi) is 4.87. The van der Waals surface area contributed by atoms with Crippen LogP contribution in [0.25, 0.3) is 0 Å². The molecule has 0 spiro atoms. The van der Waals surface area contributed by atoms with E-state index in [-0.39, 0.29) is 0 Å². The van der Waals surface area contributed by atoms with Crippen molar-refractivity contribution in [3.05, 3.63) is 29.5 Å². The van der Waals surface area contributed by atoms with Crippen molar-refractivity contribution in [2.24, 2.45) is 0 Å². The Labute approximate surface area is 66.5 Å². The van der Waals surface area contributed by atoms with Crippen LogP contribution in [0.4, 0.5) is 0 Å². The van der Waals surface area contributed by atoms with Crippen molar-refractivity contribution < 1.29 is 9.90 Å². The van der Waals surface area contributed by atoms with Gasteiger partial charge in [0.05, 0.1) is 5.57 Å². The van der Waals surface area contributed by atoms with Gasteiger partial charge in [0.1, 0.15) is 0 Å². The Bertz CT molecular complexity index is 218. The van der Waals surface area contributed by atoms with E-state index in [1.807, 2.05) is 13.0 Å². The molecule has 0 aliphatic rings. The summed E-state index contributed by atoms with van der Waals surface area (Å²) in [5.41, 5.74) is 2.95.